The van der Waals surface area contributed by atoms with E-state index in [4.69, 9.17) is 4.74 Å². The summed E-state index contributed by atoms with van der Waals surface area (Å²) in [6, 6.07) is 4.33. The zero-order chi connectivity index (χ0) is 16.8. The van der Waals surface area contributed by atoms with Crippen LogP contribution in [0.1, 0.15) is 49.6 Å². The third kappa shape index (κ3) is 4.65. The second-order valence-corrected chi connectivity index (χ2v) is 7.11. The molecule has 2 aromatic rings. The van der Waals surface area contributed by atoms with Gasteiger partial charge in [-0.15, -0.1) is 0 Å². The molecule has 0 radical (unpaired) electrons. The van der Waals surface area contributed by atoms with Gasteiger partial charge in [0, 0.05) is 49.3 Å². The lowest BCUT2D eigenvalue weighted by Crippen LogP contribution is -2.31. The first-order valence-electron chi connectivity index (χ1n) is 8.97. The second-order valence-electron chi connectivity index (χ2n) is 7.11. The van der Waals surface area contributed by atoms with Gasteiger partial charge >= 0.3 is 0 Å². The average Bonchev–Trinajstić information content (AvgIpc) is 3.11. The van der Waals surface area contributed by atoms with Crippen molar-refractivity contribution in [3.63, 3.8) is 0 Å². The number of aromatic amines is 1. The van der Waals surface area contributed by atoms with Crippen molar-refractivity contribution >= 4 is 0 Å². The Hall–Kier alpha value is -1.72. The molecule has 24 heavy (non-hydrogen) atoms. The highest BCUT2D eigenvalue weighted by Gasteiger charge is 2.27. The quantitative estimate of drug-likeness (QED) is 0.819. The molecule has 0 aromatic carbocycles. The SMILES string of the molecule is CC(C)Cc1ccc(CNC[C@@H]2CCCO[C@H]2c2cn[nH]c2)cn1. The van der Waals surface area contributed by atoms with E-state index in [1.54, 1.807) is 0 Å². The normalized spacial score (nSPS) is 21.3. The molecule has 0 unspecified atom stereocenters. The number of H-pyrrole nitrogens is 1. The van der Waals surface area contributed by atoms with E-state index >= 15 is 0 Å². The molecule has 2 N–H and O–H groups in total. The van der Waals surface area contributed by atoms with Crippen molar-refractivity contribution in [2.24, 2.45) is 11.8 Å². The van der Waals surface area contributed by atoms with Gasteiger partial charge in [-0.2, -0.15) is 5.10 Å². The number of aromatic nitrogens is 3. The molecule has 0 spiro atoms. The molecule has 1 aliphatic heterocycles. The van der Waals surface area contributed by atoms with Crippen LogP contribution in [0.2, 0.25) is 0 Å². The van der Waals surface area contributed by atoms with Crippen molar-refractivity contribution in [1.29, 1.82) is 0 Å². The standard InChI is InChI=1S/C19H28N4O/c1-14(2)8-18-6-5-15(10-21-18)9-20-11-16-4-3-7-24-19(16)17-12-22-23-13-17/h5-6,10,12-14,16,19-20H,3-4,7-9,11H2,1-2H3,(H,22,23)/t16-,19+/m0/s1. The Labute approximate surface area is 144 Å². The van der Waals surface area contributed by atoms with E-state index in [-0.39, 0.29) is 6.10 Å². The summed E-state index contributed by atoms with van der Waals surface area (Å²) in [6.07, 6.45) is 9.33. The minimum Gasteiger partial charge on any atom is -0.373 e. The number of pyridine rings is 1. The summed E-state index contributed by atoms with van der Waals surface area (Å²) in [5, 5.41) is 10.5. The van der Waals surface area contributed by atoms with Crippen LogP contribution in [0.25, 0.3) is 0 Å². The topological polar surface area (TPSA) is 62.8 Å². The first-order chi connectivity index (χ1) is 11.7. The summed E-state index contributed by atoms with van der Waals surface area (Å²) < 4.78 is 5.98. The van der Waals surface area contributed by atoms with Gasteiger partial charge in [-0.1, -0.05) is 19.9 Å². The Kier molecular flexibility index (Phi) is 5.99. The van der Waals surface area contributed by atoms with E-state index < -0.39 is 0 Å². The number of nitrogens with one attached hydrogen (secondary N) is 2. The largest absolute Gasteiger partial charge is 0.373 e. The van der Waals surface area contributed by atoms with Crippen molar-refractivity contribution < 1.29 is 4.74 Å². The van der Waals surface area contributed by atoms with Gasteiger partial charge in [0.1, 0.15) is 0 Å². The lowest BCUT2D eigenvalue weighted by Gasteiger charge is -2.31. The summed E-state index contributed by atoms with van der Waals surface area (Å²) >= 11 is 0. The Bertz CT molecular complexity index is 594. The van der Waals surface area contributed by atoms with E-state index in [9.17, 15) is 0 Å². The predicted octanol–water partition coefficient (Wildman–Crippen LogP) is 3.26. The first-order valence-corrected chi connectivity index (χ1v) is 8.97. The zero-order valence-corrected chi connectivity index (χ0v) is 14.7. The lowest BCUT2D eigenvalue weighted by molar-refractivity contribution is -0.0278. The van der Waals surface area contributed by atoms with Crippen molar-refractivity contribution in [3.8, 4) is 0 Å². The van der Waals surface area contributed by atoms with E-state index in [0.717, 1.165) is 38.1 Å². The van der Waals surface area contributed by atoms with Gasteiger partial charge in [0.25, 0.3) is 0 Å². The molecule has 3 heterocycles. The van der Waals surface area contributed by atoms with E-state index in [1.165, 1.54) is 17.7 Å². The number of nitrogens with zero attached hydrogens (tertiary/aromatic N) is 2. The molecule has 0 aliphatic carbocycles. The van der Waals surface area contributed by atoms with Crippen molar-refractivity contribution in [3.05, 3.63) is 47.5 Å². The Morgan fingerprint density at radius 3 is 2.96 bits per heavy atom. The fourth-order valence-electron chi connectivity index (χ4n) is 3.34. The number of rotatable bonds is 7. The van der Waals surface area contributed by atoms with Gasteiger partial charge < -0.3 is 10.1 Å². The number of ether oxygens (including phenoxy) is 1. The van der Waals surface area contributed by atoms with E-state index in [2.05, 4.69) is 46.5 Å². The highest BCUT2D eigenvalue weighted by molar-refractivity contribution is 5.14. The molecular weight excluding hydrogens is 300 g/mol. The Morgan fingerprint density at radius 2 is 2.25 bits per heavy atom. The molecule has 3 rings (SSSR count). The predicted molar refractivity (Wildman–Crippen MR) is 94.5 cm³/mol. The summed E-state index contributed by atoms with van der Waals surface area (Å²) in [4.78, 5) is 4.56. The summed E-state index contributed by atoms with van der Waals surface area (Å²) in [5.74, 6) is 1.14. The van der Waals surface area contributed by atoms with Crippen molar-refractivity contribution in [2.45, 2.75) is 45.8 Å². The third-order valence-corrected chi connectivity index (χ3v) is 4.53. The Morgan fingerprint density at radius 1 is 1.33 bits per heavy atom. The van der Waals surface area contributed by atoms with Gasteiger partial charge in [0.2, 0.25) is 0 Å². The molecule has 5 nitrogen and oxygen atoms in total. The monoisotopic (exact) mass is 328 g/mol. The van der Waals surface area contributed by atoms with Crippen LogP contribution < -0.4 is 5.32 Å². The Balaban J connectivity index is 1.49. The molecule has 2 atom stereocenters. The fraction of sp³-hybridized carbons (Fsp3) is 0.579. The summed E-state index contributed by atoms with van der Waals surface area (Å²) in [5.41, 5.74) is 3.56. The average molecular weight is 328 g/mol. The molecular formula is C19H28N4O. The number of hydrogen-bond donors (Lipinski definition) is 2. The van der Waals surface area contributed by atoms with Crippen LogP contribution in [0.5, 0.6) is 0 Å². The maximum Gasteiger partial charge on any atom is 0.0895 e. The van der Waals surface area contributed by atoms with Crippen LogP contribution in [-0.4, -0.2) is 28.3 Å². The van der Waals surface area contributed by atoms with Crippen LogP contribution in [0.3, 0.4) is 0 Å². The lowest BCUT2D eigenvalue weighted by atomic mass is 9.91. The zero-order valence-electron chi connectivity index (χ0n) is 14.7. The molecule has 1 aliphatic rings. The first kappa shape index (κ1) is 17.1. The van der Waals surface area contributed by atoms with Crippen LogP contribution >= 0.6 is 0 Å². The second kappa shape index (κ2) is 8.40. The van der Waals surface area contributed by atoms with Crippen LogP contribution in [0, 0.1) is 11.8 Å². The van der Waals surface area contributed by atoms with Crippen LogP contribution in [0.4, 0.5) is 0 Å². The van der Waals surface area contributed by atoms with Crippen LogP contribution in [-0.2, 0) is 17.7 Å². The fourth-order valence-corrected chi connectivity index (χ4v) is 3.34. The van der Waals surface area contributed by atoms with Gasteiger partial charge in [0.15, 0.2) is 0 Å². The smallest absolute Gasteiger partial charge is 0.0895 e. The van der Waals surface area contributed by atoms with Crippen LogP contribution in [0.15, 0.2) is 30.7 Å². The van der Waals surface area contributed by atoms with Crippen molar-refractivity contribution in [1.82, 2.24) is 20.5 Å². The van der Waals surface area contributed by atoms with E-state index in [1.807, 2.05) is 18.6 Å². The highest BCUT2D eigenvalue weighted by Crippen LogP contribution is 2.32. The van der Waals surface area contributed by atoms with Gasteiger partial charge in [-0.25, -0.2) is 0 Å². The molecule has 130 valence electrons. The third-order valence-electron chi connectivity index (χ3n) is 4.53. The van der Waals surface area contributed by atoms with Gasteiger partial charge in [-0.3, -0.25) is 10.1 Å². The van der Waals surface area contributed by atoms with Gasteiger partial charge in [0.05, 0.1) is 12.3 Å². The summed E-state index contributed by atoms with van der Waals surface area (Å²) in [7, 11) is 0. The van der Waals surface area contributed by atoms with E-state index in [0.29, 0.717) is 11.8 Å². The molecule has 0 amide bonds. The minimum absolute atomic E-state index is 0.150. The minimum atomic E-state index is 0.150. The number of hydrogen-bond acceptors (Lipinski definition) is 4. The molecule has 0 saturated carbocycles. The molecule has 1 saturated heterocycles. The maximum atomic E-state index is 5.98. The van der Waals surface area contributed by atoms with Crippen molar-refractivity contribution in [2.75, 3.05) is 13.2 Å². The molecule has 0 bridgehead atoms. The summed E-state index contributed by atoms with van der Waals surface area (Å²) in [6.45, 7) is 7.08. The van der Waals surface area contributed by atoms with Gasteiger partial charge in [-0.05, 0) is 36.8 Å². The molecule has 1 fully saturated rings. The molecule has 5 heteroatoms. The highest BCUT2D eigenvalue weighted by atomic mass is 16.5. The maximum absolute atomic E-state index is 5.98. The molecule has 2 aromatic heterocycles.